The number of esters is 1. The summed E-state index contributed by atoms with van der Waals surface area (Å²) in [7, 11) is 0. The number of fused-ring (bicyclic) bond motifs is 3. The van der Waals surface area contributed by atoms with E-state index in [0.29, 0.717) is 5.69 Å². The number of aryl methyl sites for hydroxylation is 1. The number of para-hydroxylation sites is 1. The van der Waals surface area contributed by atoms with Gasteiger partial charge in [-0.1, -0.05) is 24.3 Å². The Hall–Kier alpha value is -3.74. The van der Waals surface area contributed by atoms with Crippen molar-refractivity contribution in [3.8, 4) is 0 Å². The Bertz CT molecular complexity index is 1260. The molecule has 152 valence electrons. The molecule has 4 rings (SSSR count). The molecule has 0 unspecified atom stereocenters. The highest BCUT2D eigenvalue weighted by molar-refractivity contribution is 6.10. The summed E-state index contributed by atoms with van der Waals surface area (Å²) < 4.78 is 34.2. The quantitative estimate of drug-likeness (QED) is 0.479. The Morgan fingerprint density at radius 2 is 1.63 bits per heavy atom. The normalized spacial score (nSPS) is 11.0. The van der Waals surface area contributed by atoms with Crippen LogP contribution in [0.4, 0.5) is 14.5 Å². The second kappa shape index (κ2) is 7.94. The predicted molar refractivity (Wildman–Crippen MR) is 110 cm³/mol. The van der Waals surface area contributed by atoms with Gasteiger partial charge in [0.1, 0.15) is 17.2 Å². The Labute approximate surface area is 170 Å². The van der Waals surface area contributed by atoms with Crippen molar-refractivity contribution in [1.82, 2.24) is 4.57 Å². The minimum Gasteiger partial charge on any atom is -0.452 e. The number of carbonyl (C=O) groups is 2. The molecule has 0 saturated heterocycles. The van der Waals surface area contributed by atoms with Crippen molar-refractivity contribution in [2.24, 2.45) is 0 Å². The zero-order valence-electron chi connectivity index (χ0n) is 16.1. The summed E-state index contributed by atoms with van der Waals surface area (Å²) in [5.74, 6) is -3.93. The summed E-state index contributed by atoms with van der Waals surface area (Å²) >= 11 is 0. The average molecular weight is 408 g/mol. The van der Waals surface area contributed by atoms with Crippen LogP contribution in [0, 0.1) is 11.6 Å². The second-order valence-corrected chi connectivity index (χ2v) is 6.71. The maximum Gasteiger partial charge on any atom is 0.344 e. The Morgan fingerprint density at radius 1 is 0.933 bits per heavy atom. The molecule has 1 aromatic heterocycles. The summed E-state index contributed by atoms with van der Waals surface area (Å²) in [5, 5.41) is 4.69. The molecular weight excluding hydrogens is 390 g/mol. The number of benzene rings is 3. The molecule has 0 saturated carbocycles. The van der Waals surface area contributed by atoms with Gasteiger partial charge in [-0.3, -0.25) is 4.79 Å². The molecule has 0 aliphatic heterocycles. The first kappa shape index (κ1) is 19.6. The fraction of sp³-hybridized carbons (Fsp3) is 0.130. The number of hydrogen-bond acceptors (Lipinski definition) is 3. The van der Waals surface area contributed by atoms with Gasteiger partial charge in [0.2, 0.25) is 0 Å². The summed E-state index contributed by atoms with van der Waals surface area (Å²) in [6.07, 6.45) is 0. The maximum absolute atomic E-state index is 13.6. The van der Waals surface area contributed by atoms with E-state index in [1.165, 1.54) is 0 Å². The number of hydrogen-bond donors (Lipinski definition) is 1. The zero-order chi connectivity index (χ0) is 21.3. The van der Waals surface area contributed by atoms with Gasteiger partial charge in [0.15, 0.2) is 6.61 Å². The lowest BCUT2D eigenvalue weighted by Gasteiger charge is -2.08. The van der Waals surface area contributed by atoms with E-state index in [4.69, 9.17) is 4.74 Å². The van der Waals surface area contributed by atoms with Crippen LogP contribution in [0.2, 0.25) is 0 Å². The molecule has 0 bridgehead atoms. The molecule has 30 heavy (non-hydrogen) atoms. The van der Waals surface area contributed by atoms with Gasteiger partial charge in [0.25, 0.3) is 5.91 Å². The van der Waals surface area contributed by atoms with Gasteiger partial charge in [0, 0.05) is 34.0 Å². The molecule has 0 spiro atoms. The van der Waals surface area contributed by atoms with Gasteiger partial charge in [-0.05, 0) is 43.3 Å². The van der Waals surface area contributed by atoms with Crippen LogP contribution in [0.5, 0.6) is 0 Å². The van der Waals surface area contributed by atoms with Crippen molar-refractivity contribution in [2.45, 2.75) is 13.5 Å². The molecule has 0 aliphatic carbocycles. The van der Waals surface area contributed by atoms with Crippen LogP contribution >= 0.6 is 0 Å². The van der Waals surface area contributed by atoms with Crippen LogP contribution < -0.4 is 5.32 Å². The van der Waals surface area contributed by atoms with Crippen LogP contribution in [-0.2, 0) is 16.1 Å². The molecule has 0 fully saturated rings. The fourth-order valence-electron chi connectivity index (χ4n) is 3.57. The number of carbonyl (C=O) groups excluding carboxylic acids is 2. The number of halogens is 2. The summed E-state index contributed by atoms with van der Waals surface area (Å²) in [5.41, 5.74) is 1.84. The molecule has 7 heteroatoms. The van der Waals surface area contributed by atoms with E-state index in [-0.39, 0.29) is 0 Å². The van der Waals surface area contributed by atoms with E-state index in [1.54, 1.807) is 6.07 Å². The Kier molecular flexibility index (Phi) is 5.18. The van der Waals surface area contributed by atoms with E-state index in [9.17, 15) is 18.4 Å². The Balaban J connectivity index is 1.51. The SMILES string of the molecule is CCn1c2ccccc2c2cc(NC(=O)COC(=O)c3c(F)cccc3F)ccc21. The van der Waals surface area contributed by atoms with Gasteiger partial charge in [-0.15, -0.1) is 0 Å². The van der Waals surface area contributed by atoms with Gasteiger partial charge >= 0.3 is 5.97 Å². The second-order valence-electron chi connectivity index (χ2n) is 6.71. The first-order valence-corrected chi connectivity index (χ1v) is 9.41. The highest BCUT2D eigenvalue weighted by atomic mass is 19.1. The number of nitrogens with one attached hydrogen (secondary N) is 1. The first-order valence-electron chi connectivity index (χ1n) is 9.41. The highest BCUT2D eigenvalue weighted by Gasteiger charge is 2.19. The van der Waals surface area contributed by atoms with E-state index in [2.05, 4.69) is 16.8 Å². The van der Waals surface area contributed by atoms with Crippen LogP contribution in [0.15, 0.2) is 60.7 Å². The van der Waals surface area contributed by atoms with Crippen molar-refractivity contribution in [3.63, 3.8) is 0 Å². The molecule has 5 nitrogen and oxygen atoms in total. The fourth-order valence-corrected chi connectivity index (χ4v) is 3.57. The molecule has 1 amide bonds. The molecule has 1 N–H and O–H groups in total. The van der Waals surface area contributed by atoms with Gasteiger partial charge < -0.3 is 14.6 Å². The smallest absolute Gasteiger partial charge is 0.344 e. The van der Waals surface area contributed by atoms with Gasteiger partial charge in [0.05, 0.1) is 0 Å². The maximum atomic E-state index is 13.6. The predicted octanol–water partition coefficient (Wildman–Crippen LogP) is 4.89. The highest BCUT2D eigenvalue weighted by Crippen LogP contribution is 2.30. The zero-order valence-corrected chi connectivity index (χ0v) is 16.1. The molecule has 1 heterocycles. The summed E-state index contributed by atoms with van der Waals surface area (Å²) in [6, 6.07) is 16.5. The standard InChI is InChI=1S/C23H18F2N2O3/c1-2-27-19-9-4-3-6-15(19)16-12-14(10-11-20(16)27)26-21(28)13-30-23(29)22-17(24)7-5-8-18(22)25/h3-12H,2,13H2,1H3,(H,26,28). The minimum absolute atomic E-state index is 0.527. The van der Waals surface area contributed by atoms with Crippen molar-refractivity contribution in [1.29, 1.82) is 0 Å². The molecule has 0 radical (unpaired) electrons. The van der Waals surface area contributed by atoms with E-state index < -0.39 is 35.7 Å². The number of anilines is 1. The number of nitrogens with zero attached hydrogens (tertiary/aromatic N) is 1. The van der Waals surface area contributed by atoms with Crippen molar-refractivity contribution in [2.75, 3.05) is 11.9 Å². The van der Waals surface area contributed by atoms with Crippen LogP contribution in [0.25, 0.3) is 21.8 Å². The van der Waals surface area contributed by atoms with Crippen molar-refractivity contribution >= 4 is 39.4 Å². The molecule has 3 aromatic carbocycles. The minimum atomic E-state index is -1.23. The lowest BCUT2D eigenvalue weighted by atomic mass is 10.1. The van der Waals surface area contributed by atoms with E-state index in [1.807, 2.05) is 36.4 Å². The monoisotopic (exact) mass is 408 g/mol. The summed E-state index contributed by atoms with van der Waals surface area (Å²) in [4.78, 5) is 24.1. The molecule has 0 aliphatic rings. The summed E-state index contributed by atoms with van der Waals surface area (Å²) in [6.45, 7) is 2.20. The van der Waals surface area contributed by atoms with Crippen molar-refractivity contribution in [3.05, 3.63) is 77.9 Å². The van der Waals surface area contributed by atoms with E-state index in [0.717, 1.165) is 46.5 Å². The number of ether oxygens (including phenoxy) is 1. The molecular formula is C23H18F2N2O3. The third-order valence-electron chi connectivity index (χ3n) is 4.87. The van der Waals surface area contributed by atoms with Crippen LogP contribution in [0.3, 0.4) is 0 Å². The lowest BCUT2D eigenvalue weighted by molar-refractivity contribution is -0.119. The third kappa shape index (κ3) is 3.50. The average Bonchev–Trinajstić information content (AvgIpc) is 3.05. The van der Waals surface area contributed by atoms with E-state index >= 15 is 0 Å². The number of aromatic nitrogens is 1. The van der Waals surface area contributed by atoms with Crippen LogP contribution in [-0.4, -0.2) is 23.1 Å². The topological polar surface area (TPSA) is 60.3 Å². The first-order chi connectivity index (χ1) is 14.5. The molecule has 0 atom stereocenters. The van der Waals surface area contributed by atoms with Gasteiger partial charge in [-0.25, -0.2) is 13.6 Å². The number of rotatable bonds is 5. The van der Waals surface area contributed by atoms with Crippen LogP contribution in [0.1, 0.15) is 17.3 Å². The third-order valence-corrected chi connectivity index (χ3v) is 4.87. The molecule has 4 aromatic rings. The van der Waals surface area contributed by atoms with Crippen molar-refractivity contribution < 1.29 is 23.1 Å². The number of amides is 1. The lowest BCUT2D eigenvalue weighted by Crippen LogP contribution is -2.21. The Morgan fingerprint density at radius 3 is 2.37 bits per heavy atom. The largest absolute Gasteiger partial charge is 0.452 e. The van der Waals surface area contributed by atoms with Gasteiger partial charge in [-0.2, -0.15) is 0 Å².